The average Bonchev–Trinajstić information content (AvgIpc) is 2.61. The fourth-order valence-corrected chi connectivity index (χ4v) is 2.29. The van der Waals surface area contributed by atoms with Crippen LogP contribution in [0, 0.1) is 6.92 Å². The summed E-state index contributed by atoms with van der Waals surface area (Å²) in [6, 6.07) is 3.55. The van der Waals surface area contributed by atoms with Crippen molar-refractivity contribution < 1.29 is 14.6 Å². The lowest BCUT2D eigenvalue weighted by molar-refractivity contribution is 0.0535. The molecule has 0 saturated carbocycles. The van der Waals surface area contributed by atoms with E-state index in [2.05, 4.69) is 22.6 Å². The number of rotatable bonds is 2. The first-order chi connectivity index (χ1) is 7.15. The minimum absolute atomic E-state index is 0.261. The first kappa shape index (κ1) is 10.9. The van der Waals surface area contributed by atoms with Gasteiger partial charge < -0.3 is 9.84 Å². The Morgan fingerprint density at radius 1 is 1.60 bits per heavy atom. The second-order valence-electron chi connectivity index (χ2n) is 3.55. The maximum absolute atomic E-state index is 11.3. The molecule has 1 aliphatic heterocycles. The van der Waals surface area contributed by atoms with Crippen LogP contribution in [0.4, 0.5) is 0 Å². The predicted octanol–water partition coefficient (Wildman–Crippen LogP) is 2.13. The maximum Gasteiger partial charge on any atom is 0.338 e. The molecule has 1 aromatic carbocycles. The van der Waals surface area contributed by atoms with Crippen LogP contribution >= 0.6 is 22.6 Å². The van der Waals surface area contributed by atoms with E-state index in [0.29, 0.717) is 16.6 Å². The lowest BCUT2D eigenvalue weighted by atomic mass is 9.96. The van der Waals surface area contributed by atoms with Gasteiger partial charge in [-0.2, -0.15) is 0 Å². The second kappa shape index (κ2) is 4.09. The summed E-state index contributed by atoms with van der Waals surface area (Å²) in [5, 5.41) is 9.77. The molecule has 0 amide bonds. The van der Waals surface area contributed by atoms with Gasteiger partial charge in [-0.1, -0.05) is 28.7 Å². The van der Waals surface area contributed by atoms with Crippen LogP contribution in [-0.4, -0.2) is 15.5 Å². The molecule has 1 aliphatic rings. The Hall–Kier alpha value is -0.620. The number of carbonyl (C=O) groups excluding carboxylic acids is 1. The highest BCUT2D eigenvalue weighted by atomic mass is 127. The van der Waals surface area contributed by atoms with Crippen LogP contribution < -0.4 is 0 Å². The summed E-state index contributed by atoms with van der Waals surface area (Å²) in [7, 11) is 0. The molecule has 3 nitrogen and oxygen atoms in total. The Labute approximate surface area is 102 Å². The molecular formula is C11H11IO3. The number of alkyl halides is 1. The van der Waals surface area contributed by atoms with E-state index in [-0.39, 0.29) is 5.97 Å². The number of carbonyl (C=O) groups is 1. The number of benzene rings is 1. The standard InChI is InChI=1S/C11H11IO3/c1-6-7(10(13)4-12)2-3-8-9(6)5-15-11(8)14/h2-3,10,13H,4-5H2,1H3/t10-/m1/s1. The Bertz CT molecular complexity index is 415. The minimum Gasteiger partial charge on any atom is -0.457 e. The van der Waals surface area contributed by atoms with Gasteiger partial charge in [0.15, 0.2) is 0 Å². The highest BCUT2D eigenvalue weighted by molar-refractivity contribution is 14.1. The summed E-state index contributed by atoms with van der Waals surface area (Å²) in [6.45, 7) is 2.26. The summed E-state index contributed by atoms with van der Waals surface area (Å²) in [6.07, 6.45) is -0.466. The molecule has 1 heterocycles. The molecule has 0 bridgehead atoms. The number of aliphatic hydroxyl groups is 1. The van der Waals surface area contributed by atoms with E-state index in [1.54, 1.807) is 6.07 Å². The number of cyclic esters (lactones) is 1. The zero-order valence-electron chi connectivity index (χ0n) is 8.29. The molecule has 0 fully saturated rings. The molecule has 0 spiro atoms. The van der Waals surface area contributed by atoms with E-state index in [1.807, 2.05) is 13.0 Å². The van der Waals surface area contributed by atoms with Gasteiger partial charge in [-0.15, -0.1) is 0 Å². The van der Waals surface area contributed by atoms with Crippen LogP contribution in [-0.2, 0) is 11.3 Å². The van der Waals surface area contributed by atoms with Crippen molar-refractivity contribution in [3.63, 3.8) is 0 Å². The van der Waals surface area contributed by atoms with Crippen LogP contribution in [0.1, 0.15) is 33.2 Å². The van der Waals surface area contributed by atoms with Crippen LogP contribution in [0.25, 0.3) is 0 Å². The van der Waals surface area contributed by atoms with Crippen LogP contribution in [0.5, 0.6) is 0 Å². The van der Waals surface area contributed by atoms with Crippen LogP contribution in [0.2, 0.25) is 0 Å². The Balaban J connectivity index is 2.51. The second-order valence-corrected chi connectivity index (χ2v) is 4.43. The summed E-state index contributed by atoms with van der Waals surface area (Å²) >= 11 is 2.14. The number of hydrogen-bond donors (Lipinski definition) is 1. The maximum atomic E-state index is 11.3. The number of ether oxygens (including phenoxy) is 1. The number of esters is 1. The summed E-state index contributed by atoms with van der Waals surface area (Å²) < 4.78 is 5.60. The van der Waals surface area contributed by atoms with Crippen molar-refractivity contribution in [3.8, 4) is 0 Å². The van der Waals surface area contributed by atoms with Crippen molar-refractivity contribution in [2.24, 2.45) is 0 Å². The normalized spacial score (nSPS) is 16.1. The van der Waals surface area contributed by atoms with Gasteiger partial charge in [0, 0.05) is 9.99 Å². The third-order valence-electron chi connectivity index (χ3n) is 2.71. The monoisotopic (exact) mass is 318 g/mol. The number of hydrogen-bond acceptors (Lipinski definition) is 3. The van der Waals surface area contributed by atoms with Gasteiger partial charge in [-0.25, -0.2) is 4.79 Å². The van der Waals surface area contributed by atoms with Gasteiger partial charge in [-0.05, 0) is 24.1 Å². The third kappa shape index (κ3) is 1.76. The van der Waals surface area contributed by atoms with E-state index < -0.39 is 6.10 Å². The molecule has 15 heavy (non-hydrogen) atoms. The molecule has 1 aromatic rings. The first-order valence-electron chi connectivity index (χ1n) is 4.68. The molecule has 1 N–H and O–H groups in total. The van der Waals surface area contributed by atoms with E-state index >= 15 is 0 Å². The molecule has 0 aromatic heterocycles. The number of fused-ring (bicyclic) bond motifs is 1. The summed E-state index contributed by atoms with van der Waals surface area (Å²) in [5.41, 5.74) is 3.42. The van der Waals surface area contributed by atoms with Crippen molar-refractivity contribution in [3.05, 3.63) is 34.4 Å². The molecule has 0 aliphatic carbocycles. The lowest BCUT2D eigenvalue weighted by Crippen LogP contribution is -2.04. The topological polar surface area (TPSA) is 46.5 Å². The van der Waals surface area contributed by atoms with E-state index in [4.69, 9.17) is 4.74 Å². The van der Waals surface area contributed by atoms with E-state index in [9.17, 15) is 9.90 Å². The predicted molar refractivity (Wildman–Crippen MR) is 64.1 cm³/mol. The van der Waals surface area contributed by atoms with Crippen molar-refractivity contribution in [2.45, 2.75) is 19.6 Å². The largest absolute Gasteiger partial charge is 0.457 e. The fraction of sp³-hybridized carbons (Fsp3) is 0.364. The summed E-state index contributed by atoms with van der Waals surface area (Å²) in [4.78, 5) is 11.3. The zero-order valence-corrected chi connectivity index (χ0v) is 10.4. The van der Waals surface area contributed by atoms with Crippen LogP contribution in [0.3, 0.4) is 0 Å². The molecule has 1 atom stereocenters. The molecule has 4 heteroatoms. The molecule has 0 unspecified atom stereocenters. The smallest absolute Gasteiger partial charge is 0.338 e. The lowest BCUT2D eigenvalue weighted by Gasteiger charge is -2.12. The van der Waals surface area contributed by atoms with E-state index in [0.717, 1.165) is 16.7 Å². The fourth-order valence-electron chi connectivity index (χ4n) is 1.81. The SMILES string of the molecule is Cc1c([C@H](O)CI)ccc2c1COC2=O. The van der Waals surface area contributed by atoms with Crippen molar-refractivity contribution in [2.75, 3.05) is 4.43 Å². The quantitative estimate of drug-likeness (QED) is 0.516. The van der Waals surface area contributed by atoms with Gasteiger partial charge in [-0.3, -0.25) is 0 Å². The Kier molecular flexibility index (Phi) is 2.97. The van der Waals surface area contributed by atoms with Gasteiger partial charge in [0.25, 0.3) is 0 Å². The Morgan fingerprint density at radius 2 is 2.33 bits per heavy atom. The molecule has 0 saturated heterocycles. The molecule has 80 valence electrons. The minimum atomic E-state index is -0.466. The summed E-state index contributed by atoms with van der Waals surface area (Å²) in [5.74, 6) is -0.261. The number of halogens is 1. The van der Waals surface area contributed by atoms with Crippen molar-refractivity contribution in [1.29, 1.82) is 0 Å². The Morgan fingerprint density at radius 3 is 3.00 bits per heavy atom. The van der Waals surface area contributed by atoms with Crippen molar-refractivity contribution >= 4 is 28.6 Å². The van der Waals surface area contributed by atoms with Gasteiger partial charge >= 0.3 is 5.97 Å². The van der Waals surface area contributed by atoms with Crippen LogP contribution in [0.15, 0.2) is 12.1 Å². The van der Waals surface area contributed by atoms with E-state index in [1.165, 1.54) is 0 Å². The molecule has 0 radical (unpaired) electrons. The molecule has 2 rings (SSSR count). The van der Waals surface area contributed by atoms with Gasteiger partial charge in [0.05, 0.1) is 11.7 Å². The molecular weight excluding hydrogens is 307 g/mol. The van der Waals surface area contributed by atoms with Gasteiger partial charge in [0.2, 0.25) is 0 Å². The third-order valence-corrected chi connectivity index (χ3v) is 3.55. The highest BCUT2D eigenvalue weighted by Gasteiger charge is 2.25. The van der Waals surface area contributed by atoms with Gasteiger partial charge in [0.1, 0.15) is 6.61 Å². The highest BCUT2D eigenvalue weighted by Crippen LogP contribution is 2.29. The zero-order chi connectivity index (χ0) is 11.0. The van der Waals surface area contributed by atoms with Crippen molar-refractivity contribution in [1.82, 2.24) is 0 Å². The number of aliphatic hydroxyl groups excluding tert-OH is 1. The first-order valence-corrected chi connectivity index (χ1v) is 6.21. The average molecular weight is 318 g/mol.